The van der Waals surface area contributed by atoms with Crippen molar-refractivity contribution < 1.29 is 14.3 Å². The van der Waals surface area contributed by atoms with Crippen LogP contribution >= 0.6 is 0 Å². The van der Waals surface area contributed by atoms with Gasteiger partial charge in [0, 0.05) is 18.5 Å². The summed E-state index contributed by atoms with van der Waals surface area (Å²) in [6.07, 6.45) is 1.92. The summed E-state index contributed by atoms with van der Waals surface area (Å²) in [5, 5.41) is 3.21. The van der Waals surface area contributed by atoms with Crippen molar-refractivity contribution in [2.75, 3.05) is 33.9 Å². The first-order valence-corrected chi connectivity index (χ1v) is 11.5. The van der Waals surface area contributed by atoms with E-state index in [0.29, 0.717) is 17.9 Å². The van der Waals surface area contributed by atoms with E-state index in [2.05, 4.69) is 52.7 Å². The highest BCUT2D eigenvalue weighted by Crippen LogP contribution is 2.37. The average Bonchev–Trinajstić information content (AvgIpc) is 2.89. The van der Waals surface area contributed by atoms with Gasteiger partial charge in [0.05, 0.1) is 19.8 Å². The third kappa shape index (κ3) is 5.37. The predicted octanol–water partition coefficient (Wildman–Crippen LogP) is 4.67. The summed E-state index contributed by atoms with van der Waals surface area (Å²) in [6, 6.07) is 26.2. The Morgan fingerprint density at radius 3 is 2.36 bits per heavy atom. The molecule has 3 aromatic carbocycles. The Balaban J connectivity index is 1.52. The predicted molar refractivity (Wildman–Crippen MR) is 131 cm³/mol. The first-order chi connectivity index (χ1) is 16.1. The number of para-hydroxylation sites is 1. The molecule has 5 nitrogen and oxygen atoms in total. The molecular weight excluding hydrogens is 412 g/mol. The lowest BCUT2D eigenvalue weighted by Gasteiger charge is -2.42. The van der Waals surface area contributed by atoms with E-state index in [0.717, 1.165) is 38.2 Å². The minimum atomic E-state index is -0.153. The second-order valence-electron chi connectivity index (χ2n) is 8.66. The maximum Gasteiger partial charge on any atom is 0.255 e. The molecule has 0 radical (unpaired) electrons. The molecule has 0 atom stereocenters. The van der Waals surface area contributed by atoms with Gasteiger partial charge in [-0.15, -0.1) is 0 Å². The Bertz CT molecular complexity index is 1060. The van der Waals surface area contributed by atoms with Crippen LogP contribution in [0.2, 0.25) is 0 Å². The number of ether oxygens (including phenoxy) is 2. The van der Waals surface area contributed by atoms with Crippen molar-refractivity contribution in [3.05, 3.63) is 95.6 Å². The molecule has 0 aromatic heterocycles. The number of methoxy groups -OCH3 is 2. The standard InChI is InChI=1S/C28H32N2O3/c1-32-24-12-8-11-23(19-24)28(21-29-27(31)25-13-6-7-14-26(25)33-2)15-17-30(18-16-28)20-22-9-4-3-5-10-22/h3-14,19H,15-18,20-21H2,1-2H3,(H,29,31). The first kappa shape index (κ1) is 22.9. The zero-order valence-electron chi connectivity index (χ0n) is 19.4. The molecule has 1 N–H and O–H groups in total. The Labute approximate surface area is 196 Å². The minimum absolute atomic E-state index is 0.110. The lowest BCUT2D eigenvalue weighted by Crippen LogP contribution is -2.48. The van der Waals surface area contributed by atoms with Crippen molar-refractivity contribution in [3.8, 4) is 11.5 Å². The fourth-order valence-corrected chi connectivity index (χ4v) is 4.68. The van der Waals surface area contributed by atoms with E-state index in [1.54, 1.807) is 20.3 Å². The summed E-state index contributed by atoms with van der Waals surface area (Å²) in [6.45, 7) is 3.45. The molecule has 1 aliphatic heterocycles. The number of carbonyl (C=O) groups is 1. The van der Waals surface area contributed by atoms with Crippen molar-refractivity contribution in [1.29, 1.82) is 0 Å². The van der Waals surface area contributed by atoms with Crippen molar-refractivity contribution in [2.45, 2.75) is 24.8 Å². The maximum absolute atomic E-state index is 13.0. The van der Waals surface area contributed by atoms with Crippen molar-refractivity contribution in [3.63, 3.8) is 0 Å². The highest BCUT2D eigenvalue weighted by Gasteiger charge is 2.37. The van der Waals surface area contributed by atoms with Gasteiger partial charge in [0.15, 0.2) is 0 Å². The van der Waals surface area contributed by atoms with E-state index in [4.69, 9.17) is 9.47 Å². The van der Waals surface area contributed by atoms with Gasteiger partial charge in [-0.25, -0.2) is 0 Å². The molecule has 33 heavy (non-hydrogen) atoms. The van der Waals surface area contributed by atoms with Gasteiger partial charge >= 0.3 is 0 Å². The van der Waals surface area contributed by atoms with Gasteiger partial charge in [0.25, 0.3) is 5.91 Å². The van der Waals surface area contributed by atoms with Crippen LogP contribution in [0.3, 0.4) is 0 Å². The van der Waals surface area contributed by atoms with Crippen LogP contribution in [0, 0.1) is 0 Å². The number of hydrogen-bond donors (Lipinski definition) is 1. The molecule has 0 spiro atoms. The number of hydrogen-bond acceptors (Lipinski definition) is 4. The summed E-state index contributed by atoms with van der Waals surface area (Å²) < 4.78 is 10.9. The average molecular weight is 445 g/mol. The summed E-state index contributed by atoms with van der Waals surface area (Å²) >= 11 is 0. The van der Waals surface area contributed by atoms with Crippen LogP contribution < -0.4 is 14.8 Å². The van der Waals surface area contributed by atoms with Crippen molar-refractivity contribution in [2.24, 2.45) is 0 Å². The first-order valence-electron chi connectivity index (χ1n) is 11.5. The van der Waals surface area contributed by atoms with Crippen LogP contribution in [-0.2, 0) is 12.0 Å². The molecule has 1 aliphatic rings. The second kappa shape index (κ2) is 10.5. The summed E-state index contributed by atoms with van der Waals surface area (Å²) in [7, 11) is 3.28. The maximum atomic E-state index is 13.0. The summed E-state index contributed by atoms with van der Waals surface area (Å²) in [4.78, 5) is 15.5. The molecule has 1 saturated heterocycles. The monoisotopic (exact) mass is 444 g/mol. The van der Waals surface area contributed by atoms with Crippen molar-refractivity contribution >= 4 is 5.91 Å². The van der Waals surface area contributed by atoms with Gasteiger partial charge in [-0.05, 0) is 61.3 Å². The van der Waals surface area contributed by atoms with Crippen LogP contribution in [-0.4, -0.2) is 44.7 Å². The van der Waals surface area contributed by atoms with Gasteiger partial charge in [-0.1, -0.05) is 54.6 Å². The third-order valence-corrected chi connectivity index (χ3v) is 6.68. The lowest BCUT2D eigenvalue weighted by molar-refractivity contribution is 0.0916. The molecule has 4 rings (SSSR count). The zero-order chi connectivity index (χ0) is 23.1. The van der Waals surface area contributed by atoms with E-state index in [-0.39, 0.29) is 11.3 Å². The topological polar surface area (TPSA) is 50.8 Å². The molecule has 5 heteroatoms. The summed E-state index contributed by atoms with van der Waals surface area (Å²) in [5.74, 6) is 1.32. The number of amides is 1. The summed E-state index contributed by atoms with van der Waals surface area (Å²) in [5.41, 5.74) is 2.94. The van der Waals surface area contributed by atoms with Crippen LogP contribution in [0.25, 0.3) is 0 Å². The van der Waals surface area contributed by atoms with E-state index >= 15 is 0 Å². The Hall–Kier alpha value is -3.31. The van der Waals surface area contributed by atoms with Crippen molar-refractivity contribution in [1.82, 2.24) is 10.2 Å². The number of rotatable bonds is 8. The molecular formula is C28H32N2O3. The fourth-order valence-electron chi connectivity index (χ4n) is 4.68. The van der Waals surface area contributed by atoms with Gasteiger partial charge < -0.3 is 14.8 Å². The zero-order valence-corrected chi connectivity index (χ0v) is 19.4. The molecule has 0 aliphatic carbocycles. The lowest BCUT2D eigenvalue weighted by atomic mass is 9.72. The van der Waals surface area contributed by atoms with E-state index in [1.165, 1.54) is 11.1 Å². The van der Waals surface area contributed by atoms with Gasteiger partial charge in [0.2, 0.25) is 0 Å². The molecule has 3 aromatic rings. The number of piperidine rings is 1. The van der Waals surface area contributed by atoms with E-state index < -0.39 is 0 Å². The Morgan fingerprint density at radius 2 is 1.64 bits per heavy atom. The van der Waals surface area contributed by atoms with Gasteiger partial charge in [0.1, 0.15) is 11.5 Å². The van der Waals surface area contributed by atoms with Gasteiger partial charge in [-0.2, -0.15) is 0 Å². The number of nitrogens with one attached hydrogen (secondary N) is 1. The number of carbonyl (C=O) groups excluding carboxylic acids is 1. The largest absolute Gasteiger partial charge is 0.497 e. The van der Waals surface area contributed by atoms with Crippen LogP contribution in [0.5, 0.6) is 11.5 Å². The Kier molecular flexibility index (Phi) is 7.30. The molecule has 0 unspecified atom stereocenters. The van der Waals surface area contributed by atoms with Crippen LogP contribution in [0.1, 0.15) is 34.3 Å². The van der Waals surface area contributed by atoms with Gasteiger partial charge in [-0.3, -0.25) is 9.69 Å². The quantitative estimate of drug-likeness (QED) is 0.549. The Morgan fingerprint density at radius 1 is 0.909 bits per heavy atom. The fraction of sp³-hybridized carbons (Fsp3) is 0.321. The third-order valence-electron chi connectivity index (χ3n) is 6.68. The SMILES string of the molecule is COc1cccc(C2(CNC(=O)c3ccccc3OC)CCN(Cc3ccccc3)CC2)c1. The van der Waals surface area contributed by atoms with Crippen LogP contribution in [0.4, 0.5) is 0 Å². The smallest absolute Gasteiger partial charge is 0.255 e. The number of likely N-dealkylation sites (tertiary alicyclic amines) is 1. The number of nitrogens with zero attached hydrogens (tertiary/aromatic N) is 1. The number of benzene rings is 3. The normalized spacial score (nSPS) is 15.6. The highest BCUT2D eigenvalue weighted by atomic mass is 16.5. The highest BCUT2D eigenvalue weighted by molar-refractivity contribution is 5.97. The molecule has 1 amide bonds. The van der Waals surface area contributed by atoms with E-state index in [1.807, 2.05) is 30.3 Å². The molecule has 0 bridgehead atoms. The van der Waals surface area contributed by atoms with Crippen LogP contribution in [0.15, 0.2) is 78.9 Å². The molecule has 172 valence electrons. The second-order valence-corrected chi connectivity index (χ2v) is 8.66. The minimum Gasteiger partial charge on any atom is -0.497 e. The molecule has 1 fully saturated rings. The molecule has 0 saturated carbocycles. The van der Waals surface area contributed by atoms with E-state index in [9.17, 15) is 4.79 Å². The molecule has 1 heterocycles.